The number of sulfonamides is 2. The third kappa shape index (κ3) is 10.7. The molecule has 6 rings (SSSR count). The minimum absolute atomic E-state index is 0. The van der Waals surface area contributed by atoms with Crippen molar-refractivity contribution in [3.63, 3.8) is 0 Å². The third-order valence-electron chi connectivity index (χ3n) is 7.38. The van der Waals surface area contributed by atoms with Gasteiger partial charge in [0, 0.05) is 12.3 Å². The molecule has 0 radical (unpaired) electrons. The van der Waals surface area contributed by atoms with Crippen LogP contribution in [0.5, 0.6) is 17.2 Å². The van der Waals surface area contributed by atoms with Gasteiger partial charge in [-0.05, 0) is 54.8 Å². The molecule has 0 aliphatic rings. The largest absolute Gasteiger partial charge is 3.00 e. The van der Waals surface area contributed by atoms with Gasteiger partial charge in [0.1, 0.15) is 0 Å². The number of hydrogen-bond donors (Lipinski definition) is 4. The fourth-order valence-electron chi connectivity index (χ4n) is 4.86. The number of hydrogen-bond acceptors (Lipinski definition) is 13. The van der Waals surface area contributed by atoms with Crippen LogP contribution in [0.4, 0.5) is 28.4 Å². The number of primary sulfonamides is 2. The molecule has 1 aromatic heterocycles. The van der Waals surface area contributed by atoms with Crippen molar-refractivity contribution >= 4 is 65.2 Å². The molecule has 6 aromatic rings. The summed E-state index contributed by atoms with van der Waals surface area (Å²) in [5.74, 6) is -1.96. The molecule has 0 bridgehead atoms. The van der Waals surface area contributed by atoms with Crippen LogP contribution in [0.15, 0.2) is 132 Å². The Bertz CT molecular complexity index is 2760. The van der Waals surface area contributed by atoms with E-state index in [0.29, 0.717) is 27.8 Å². The van der Waals surface area contributed by atoms with Gasteiger partial charge in [0.2, 0.25) is 26.0 Å². The summed E-state index contributed by atoms with van der Waals surface area (Å²) in [7, 11) is -8.02. The summed E-state index contributed by atoms with van der Waals surface area (Å²) in [6.07, 6.45) is 0. The van der Waals surface area contributed by atoms with Crippen molar-refractivity contribution in [2.24, 2.45) is 30.7 Å². The van der Waals surface area contributed by atoms with Gasteiger partial charge in [0.25, 0.3) is 5.56 Å². The van der Waals surface area contributed by atoms with E-state index < -0.39 is 42.9 Å². The predicted octanol–water partition coefficient (Wildman–Crippen LogP) is 0.620. The molecule has 5 aromatic carbocycles. The van der Waals surface area contributed by atoms with E-state index in [2.05, 4.69) is 30.9 Å². The first-order valence-corrected chi connectivity index (χ1v) is 18.4. The maximum Gasteiger partial charge on any atom is 3.00 e. The molecular weight excluding hydrogens is 824 g/mol. The number of H-pyrrole nitrogens is 1. The van der Waals surface area contributed by atoms with Gasteiger partial charge in [0.15, 0.2) is 5.69 Å². The number of nitrogens with two attached hydrogens (primary N) is 2. The van der Waals surface area contributed by atoms with Crippen LogP contribution >= 0.6 is 0 Å². The molecule has 6 N–H and O–H groups in total. The maximum absolute atomic E-state index is 12.5. The van der Waals surface area contributed by atoms with Crippen LogP contribution in [0.3, 0.4) is 0 Å². The fraction of sp³-hybridized carbons (Fsp3) is 0.0588. The van der Waals surface area contributed by atoms with E-state index in [1.807, 2.05) is 6.07 Å². The van der Waals surface area contributed by atoms with Crippen molar-refractivity contribution in [2.75, 3.05) is 5.32 Å². The molecule has 0 aliphatic heterocycles. The summed E-state index contributed by atoms with van der Waals surface area (Å²) in [5.41, 5.74) is 0.351. The van der Waals surface area contributed by atoms with Crippen LogP contribution < -0.4 is 66.0 Å². The van der Waals surface area contributed by atoms with E-state index in [1.165, 1.54) is 17.7 Å². The molecule has 0 saturated heterocycles. The van der Waals surface area contributed by atoms with Crippen LogP contribution in [0, 0.1) is 6.92 Å². The Hall–Kier alpha value is -5.23. The van der Waals surface area contributed by atoms with Gasteiger partial charge >= 0.3 is 46.3 Å². The van der Waals surface area contributed by atoms with E-state index in [-0.39, 0.29) is 84.8 Å². The Morgan fingerprint density at radius 3 is 1.75 bits per heavy atom. The zero-order valence-corrected chi connectivity index (χ0v) is 34.1. The Morgan fingerprint density at radius 1 is 0.714 bits per heavy atom. The first-order chi connectivity index (χ1) is 25.4. The molecule has 0 atom stereocenters. The second kappa shape index (κ2) is 18.6. The molecule has 284 valence electrons. The molecule has 1 heterocycles. The average Bonchev–Trinajstić information content (AvgIpc) is 3.39. The molecule has 22 heteroatoms. The van der Waals surface area contributed by atoms with E-state index in [4.69, 9.17) is 10.3 Å². The first-order valence-electron chi connectivity index (χ1n) is 15.3. The van der Waals surface area contributed by atoms with Crippen LogP contribution in [-0.2, 0) is 41.6 Å². The first kappa shape index (κ1) is 45.2. The van der Waals surface area contributed by atoms with E-state index in [0.717, 1.165) is 36.4 Å². The van der Waals surface area contributed by atoms with Gasteiger partial charge < -0.3 is 20.6 Å². The number of amides is 1. The van der Waals surface area contributed by atoms with Gasteiger partial charge in [-0.25, -0.2) is 31.8 Å². The number of anilines is 1. The Morgan fingerprint density at radius 2 is 1.23 bits per heavy atom. The van der Waals surface area contributed by atoms with Crippen LogP contribution in [0.1, 0.15) is 12.6 Å². The summed E-state index contributed by atoms with van der Waals surface area (Å²) in [6, 6.07) is 22.9. The van der Waals surface area contributed by atoms with Crippen molar-refractivity contribution in [1.82, 2.24) is 9.78 Å². The van der Waals surface area contributed by atoms with Crippen molar-refractivity contribution in [3.05, 3.63) is 113 Å². The summed E-state index contributed by atoms with van der Waals surface area (Å²) in [4.78, 5) is 23.4. The number of aryl methyl sites for hydroxylation is 1. The van der Waals surface area contributed by atoms with Gasteiger partial charge in [0.05, 0.1) is 43.9 Å². The molecule has 0 unspecified atom stereocenters. The van der Waals surface area contributed by atoms with Crippen LogP contribution in [0.25, 0.3) is 16.5 Å². The number of nitrogens with zero attached hydrogens (tertiary/aromatic N) is 5. The maximum atomic E-state index is 12.5. The standard InChI is InChI=1S/C18H16N4O5S.C16H15N5O4S.Co.Na/c1-10(23)20-13-4-2-3-11-5-7-16(25)18(17(11)13)22-21-14-9-12(28(19,26)27)6-8-15(14)24;1-10-15(16(23)21(20-10)11-5-3-2-4-6-11)19-18-13-9-12(26(17,24)25)7-8-14(13)22;;/h2-9,24-25H,1H3,(H,20,23)(H2,19,26,27);2-9,20,22H,1H3,(H2,17,24,25);;/q;;+3;+1/p-3. The minimum atomic E-state index is -4.04. The zero-order chi connectivity index (χ0) is 39.4. The molecular formula is C34H28CoN9NaO9S2+. The second-order valence-electron chi connectivity index (χ2n) is 11.3. The van der Waals surface area contributed by atoms with Crippen LogP contribution in [-0.4, -0.2) is 32.5 Å². The molecule has 56 heavy (non-hydrogen) atoms. The van der Waals surface area contributed by atoms with Crippen molar-refractivity contribution in [2.45, 2.75) is 23.6 Å². The number of nitrogens with one attached hydrogen (secondary N) is 2. The average molecular weight is 853 g/mol. The SMILES string of the molecule is CC(=O)Nc1cccc2ccc([O-])c(N=Nc3cc(S(N)(=O)=O)ccc3[O-])c12.Cc1[nH]n(-c2ccccc2)c(=O)c1N=Nc1cc(S(N)(=O)=O)ccc1[O-].[Co+3].[Na+]. The molecule has 0 aliphatic carbocycles. The minimum Gasteiger partial charge on any atom is -0.871 e. The van der Waals surface area contributed by atoms with E-state index >= 15 is 0 Å². The monoisotopic (exact) mass is 852 g/mol. The summed E-state index contributed by atoms with van der Waals surface area (Å²) < 4.78 is 47.0. The number of aromatic nitrogens is 2. The molecule has 0 saturated carbocycles. The topological polar surface area (TPSA) is 306 Å². The van der Waals surface area contributed by atoms with Crippen molar-refractivity contribution in [1.29, 1.82) is 0 Å². The van der Waals surface area contributed by atoms with E-state index in [9.17, 15) is 41.7 Å². The Balaban J connectivity index is 0.000000291. The summed E-state index contributed by atoms with van der Waals surface area (Å²) >= 11 is 0. The number of rotatable bonds is 8. The number of azo groups is 2. The number of carbonyl (C=O) groups is 1. The molecule has 0 fully saturated rings. The quantitative estimate of drug-likeness (QED) is 0.123. The number of aromatic amines is 1. The van der Waals surface area contributed by atoms with Crippen molar-refractivity contribution < 1.29 is 83.3 Å². The smallest absolute Gasteiger partial charge is 0.871 e. The number of para-hydroxylation sites is 1. The predicted molar refractivity (Wildman–Crippen MR) is 192 cm³/mol. The number of carbonyl (C=O) groups excluding carboxylic acids is 1. The number of fused-ring (bicyclic) bond motifs is 1. The second-order valence-corrected chi connectivity index (χ2v) is 14.4. The fourth-order valence-corrected chi connectivity index (χ4v) is 5.93. The van der Waals surface area contributed by atoms with Gasteiger partial charge in [-0.2, -0.15) is 15.3 Å². The van der Waals surface area contributed by atoms with Crippen molar-refractivity contribution in [3.8, 4) is 22.9 Å². The zero-order valence-electron chi connectivity index (χ0n) is 29.5. The third-order valence-corrected chi connectivity index (χ3v) is 9.20. The summed E-state index contributed by atoms with van der Waals surface area (Å²) in [5, 5.41) is 67.9. The Labute approximate surface area is 351 Å². The Kier molecular flexibility index (Phi) is 15.0. The van der Waals surface area contributed by atoms with Crippen LogP contribution in [0.2, 0.25) is 0 Å². The molecule has 18 nitrogen and oxygen atoms in total. The summed E-state index contributed by atoms with van der Waals surface area (Å²) in [6.45, 7) is 2.96. The molecule has 0 spiro atoms. The normalized spacial score (nSPS) is 11.4. The number of benzene rings is 5. The van der Waals surface area contributed by atoms with Gasteiger partial charge in [-0.1, -0.05) is 71.8 Å². The van der Waals surface area contributed by atoms with Gasteiger partial charge in [-0.3, -0.25) is 14.7 Å². The molecule has 1 amide bonds. The van der Waals surface area contributed by atoms with Gasteiger partial charge in [-0.15, -0.1) is 5.11 Å². The van der Waals surface area contributed by atoms with E-state index in [1.54, 1.807) is 55.5 Å².